The maximum absolute atomic E-state index is 9.56. The summed E-state index contributed by atoms with van der Waals surface area (Å²) in [5.74, 6) is 1.06. The van der Waals surface area contributed by atoms with E-state index in [9.17, 15) is 5.11 Å². The number of hydrogen-bond acceptors (Lipinski definition) is 2. The van der Waals surface area contributed by atoms with Crippen molar-refractivity contribution in [1.82, 2.24) is 0 Å². The van der Waals surface area contributed by atoms with Crippen LogP contribution in [0, 0.1) is 17.3 Å². The highest BCUT2D eigenvalue weighted by Gasteiger charge is 2.79. The molecular formula is C18H34O2Si. The fraction of sp³-hybridized carbons (Fsp3) is 1.00. The van der Waals surface area contributed by atoms with Crippen molar-refractivity contribution in [2.24, 2.45) is 17.3 Å². The van der Waals surface area contributed by atoms with Gasteiger partial charge in [0.25, 0.3) is 0 Å². The van der Waals surface area contributed by atoms with E-state index in [1.807, 2.05) is 0 Å². The Morgan fingerprint density at radius 2 is 1.86 bits per heavy atom. The van der Waals surface area contributed by atoms with Gasteiger partial charge < -0.3 is 9.84 Å². The Bertz CT molecular complexity index is 431. The molecule has 6 atom stereocenters. The summed E-state index contributed by atoms with van der Waals surface area (Å²) in [5.41, 5.74) is 1.50. The van der Waals surface area contributed by atoms with Crippen LogP contribution in [-0.4, -0.2) is 31.0 Å². The van der Waals surface area contributed by atoms with E-state index in [1.165, 1.54) is 32.1 Å². The summed E-state index contributed by atoms with van der Waals surface area (Å²) < 4.78 is 6.55. The summed E-state index contributed by atoms with van der Waals surface area (Å²) >= 11 is 0. The van der Waals surface area contributed by atoms with Crippen LogP contribution < -0.4 is 0 Å². The first-order valence-electron chi connectivity index (χ1n) is 8.91. The second kappa shape index (κ2) is 4.58. The summed E-state index contributed by atoms with van der Waals surface area (Å²) in [6.45, 7) is 15.1. The van der Waals surface area contributed by atoms with Crippen LogP contribution in [0.4, 0.5) is 0 Å². The van der Waals surface area contributed by atoms with E-state index in [-0.39, 0.29) is 11.2 Å². The van der Waals surface area contributed by atoms with Gasteiger partial charge in [0.2, 0.25) is 0 Å². The average Bonchev–Trinajstić information content (AvgIpc) is 2.99. The van der Waals surface area contributed by atoms with Crippen molar-refractivity contribution < 1.29 is 9.84 Å². The largest absolute Gasteiger partial charge is 0.396 e. The molecule has 2 saturated carbocycles. The molecule has 3 heteroatoms. The lowest BCUT2D eigenvalue weighted by Crippen LogP contribution is -2.57. The van der Waals surface area contributed by atoms with E-state index >= 15 is 0 Å². The summed E-state index contributed by atoms with van der Waals surface area (Å²) in [6, 6.07) is 0. The summed E-state index contributed by atoms with van der Waals surface area (Å²) in [7, 11) is -1.18. The van der Waals surface area contributed by atoms with Gasteiger partial charge in [-0.1, -0.05) is 33.5 Å². The number of epoxide rings is 1. The molecule has 0 aromatic rings. The van der Waals surface area contributed by atoms with E-state index in [0.29, 0.717) is 23.9 Å². The fourth-order valence-corrected chi connectivity index (χ4v) is 9.50. The van der Waals surface area contributed by atoms with Crippen LogP contribution in [0.3, 0.4) is 0 Å². The molecule has 1 spiro atoms. The smallest absolute Gasteiger partial charge is 0.103 e. The molecule has 0 aromatic carbocycles. The third kappa shape index (κ3) is 2.03. The molecule has 2 aliphatic carbocycles. The molecule has 3 rings (SSSR count). The van der Waals surface area contributed by atoms with Gasteiger partial charge in [-0.05, 0) is 61.8 Å². The molecule has 0 radical (unpaired) electrons. The lowest BCUT2D eigenvalue weighted by atomic mass is 9.53. The van der Waals surface area contributed by atoms with Gasteiger partial charge in [0.05, 0.1) is 5.60 Å². The highest BCUT2D eigenvalue weighted by atomic mass is 28.3. The van der Waals surface area contributed by atoms with Crippen LogP contribution in [0.5, 0.6) is 0 Å². The molecule has 0 bridgehead atoms. The van der Waals surface area contributed by atoms with E-state index in [4.69, 9.17) is 4.74 Å². The quantitative estimate of drug-likeness (QED) is 0.617. The second-order valence-corrected chi connectivity index (χ2v) is 15.1. The molecule has 1 N–H and O–H groups in total. The minimum Gasteiger partial charge on any atom is -0.396 e. The zero-order valence-electron chi connectivity index (χ0n) is 14.8. The highest BCUT2D eigenvalue weighted by Crippen LogP contribution is 2.75. The lowest BCUT2D eigenvalue weighted by molar-refractivity contribution is 0.00328. The Morgan fingerprint density at radius 1 is 1.19 bits per heavy atom. The Balaban J connectivity index is 1.93. The molecule has 2 nitrogen and oxygen atoms in total. The predicted octanol–water partition coefficient (Wildman–Crippen LogP) is 4.45. The first-order valence-corrected chi connectivity index (χ1v) is 12.5. The number of ether oxygens (including phenoxy) is 1. The highest BCUT2D eigenvalue weighted by molar-refractivity contribution is 6.77. The minimum atomic E-state index is -1.18. The van der Waals surface area contributed by atoms with Crippen molar-refractivity contribution >= 4 is 8.07 Å². The van der Waals surface area contributed by atoms with Crippen molar-refractivity contribution in [3.8, 4) is 0 Å². The average molecular weight is 311 g/mol. The summed E-state index contributed by atoms with van der Waals surface area (Å²) in [4.78, 5) is 0. The van der Waals surface area contributed by atoms with Crippen LogP contribution in [0.25, 0.3) is 0 Å². The Hall–Kier alpha value is 0.137. The zero-order chi connectivity index (χ0) is 15.7. The van der Waals surface area contributed by atoms with Crippen molar-refractivity contribution in [2.75, 3.05) is 6.61 Å². The third-order valence-electron chi connectivity index (χ3n) is 7.54. The molecule has 1 aliphatic heterocycles. The van der Waals surface area contributed by atoms with Gasteiger partial charge in [-0.3, -0.25) is 0 Å². The molecule has 3 aliphatic rings. The summed E-state index contributed by atoms with van der Waals surface area (Å²) in [5, 5.41) is 9.56. The van der Waals surface area contributed by atoms with Crippen LogP contribution in [0.15, 0.2) is 0 Å². The van der Waals surface area contributed by atoms with Gasteiger partial charge in [-0.2, -0.15) is 0 Å². The molecule has 0 aromatic heterocycles. The molecule has 21 heavy (non-hydrogen) atoms. The normalized spacial score (nSPS) is 51.0. The molecule has 1 heterocycles. The Morgan fingerprint density at radius 3 is 2.43 bits per heavy atom. The number of hydrogen-bond donors (Lipinski definition) is 1. The molecular weight excluding hydrogens is 276 g/mol. The number of aliphatic hydroxyl groups excluding tert-OH is 1. The van der Waals surface area contributed by atoms with Gasteiger partial charge >= 0.3 is 0 Å². The molecule has 1 saturated heterocycles. The van der Waals surface area contributed by atoms with Crippen LogP contribution in [0.1, 0.15) is 52.9 Å². The van der Waals surface area contributed by atoms with Crippen LogP contribution in [-0.2, 0) is 4.74 Å². The van der Waals surface area contributed by atoms with Crippen LogP contribution in [0.2, 0.25) is 25.2 Å². The maximum Gasteiger partial charge on any atom is 0.103 e. The number of rotatable bonds is 3. The third-order valence-corrected chi connectivity index (χ3v) is 10.6. The molecule has 3 fully saturated rings. The second-order valence-electron chi connectivity index (χ2n) is 9.70. The SMILES string of the molecule is C[C@H](CO)[C@@H]1CC[C@@]2(C)[C@@H]([Si](C)(C)C)CC[C@]3(C)O[C@]23C1. The topological polar surface area (TPSA) is 32.8 Å². The Labute approximate surface area is 131 Å². The monoisotopic (exact) mass is 310 g/mol. The Kier molecular flexibility index (Phi) is 3.49. The first kappa shape index (κ1) is 16.0. The first-order chi connectivity index (χ1) is 9.60. The molecule has 122 valence electrons. The van der Waals surface area contributed by atoms with Gasteiger partial charge in [0.1, 0.15) is 5.60 Å². The summed E-state index contributed by atoms with van der Waals surface area (Å²) in [6.07, 6.45) is 6.37. The van der Waals surface area contributed by atoms with Crippen molar-refractivity contribution in [2.45, 2.75) is 89.3 Å². The van der Waals surface area contributed by atoms with E-state index < -0.39 is 8.07 Å². The van der Waals surface area contributed by atoms with Gasteiger partial charge in [-0.15, -0.1) is 0 Å². The van der Waals surface area contributed by atoms with Gasteiger partial charge in [0, 0.05) is 14.7 Å². The van der Waals surface area contributed by atoms with E-state index in [2.05, 4.69) is 40.4 Å². The standard InChI is InChI=1S/C18H34O2Si/c1-13(12-19)14-7-9-16(2)15(21(4,5)6)8-10-17(3)18(16,11-14)20-17/h13-15,19H,7-12H2,1-6H3/t13-,14-,15+,16+,17+,18-/m1/s1. The zero-order valence-corrected chi connectivity index (χ0v) is 15.8. The number of aliphatic hydroxyl groups is 1. The minimum absolute atomic E-state index is 0.121. The molecule has 0 amide bonds. The predicted molar refractivity (Wildman–Crippen MR) is 90.2 cm³/mol. The maximum atomic E-state index is 9.56. The van der Waals surface area contributed by atoms with Gasteiger partial charge in [-0.25, -0.2) is 0 Å². The van der Waals surface area contributed by atoms with E-state index in [0.717, 1.165) is 5.54 Å². The molecule has 0 unspecified atom stereocenters. The van der Waals surface area contributed by atoms with E-state index in [1.54, 1.807) is 0 Å². The van der Waals surface area contributed by atoms with Crippen molar-refractivity contribution in [1.29, 1.82) is 0 Å². The van der Waals surface area contributed by atoms with Crippen LogP contribution >= 0.6 is 0 Å². The van der Waals surface area contributed by atoms with Crippen molar-refractivity contribution in [3.05, 3.63) is 0 Å². The fourth-order valence-electron chi connectivity index (χ4n) is 6.20. The van der Waals surface area contributed by atoms with Gasteiger partial charge in [0.15, 0.2) is 0 Å². The lowest BCUT2D eigenvalue weighted by Gasteiger charge is -2.56. The van der Waals surface area contributed by atoms with Crippen molar-refractivity contribution in [3.63, 3.8) is 0 Å².